The van der Waals surface area contributed by atoms with Crippen LogP contribution in [0, 0.1) is 0 Å². The second-order valence-electron chi connectivity index (χ2n) is 9.41. The number of rotatable bonds is 14. The summed E-state index contributed by atoms with van der Waals surface area (Å²) in [5, 5.41) is 32.7. The molecular formula is C26H34N9O8-. The molecule has 2 aromatic heterocycles. The molecule has 17 heteroatoms. The molecule has 0 saturated heterocycles. The van der Waals surface area contributed by atoms with Gasteiger partial charge in [0.05, 0.1) is 23.9 Å². The zero-order valence-electron chi connectivity index (χ0n) is 23.1. The maximum absolute atomic E-state index is 12.2. The van der Waals surface area contributed by atoms with Gasteiger partial charge in [-0.3, -0.25) is 35.8 Å². The standard InChI is InChI=1S/C20H21N5O6.C6H14N4O2/c21-20-24-16-15(18(29)25-20)12(9-22-16)6-3-10-1-4-11(5-2-10)17(28)23-13(19(30)31)7-8-14(26)27;7-4(5(11)12)2-1-3-10-6(8)9/h1-2,4-5,9,13H,3,6-8H2,(H,23,28)(H,26,27)(H,30,31)(H4,21,22,24,25,29);4H,1-3,7H2,(H,11,12)(H4,8,9,10)/p-1. The molecule has 0 aliphatic carbocycles. The van der Waals surface area contributed by atoms with E-state index in [4.69, 9.17) is 28.0 Å². The second kappa shape index (κ2) is 16.1. The van der Waals surface area contributed by atoms with Crippen molar-refractivity contribution >= 4 is 46.8 Å². The van der Waals surface area contributed by atoms with Crippen molar-refractivity contribution in [3.05, 3.63) is 57.5 Å². The van der Waals surface area contributed by atoms with Crippen LogP contribution < -0.4 is 49.0 Å². The predicted molar refractivity (Wildman–Crippen MR) is 150 cm³/mol. The summed E-state index contributed by atoms with van der Waals surface area (Å²) >= 11 is 0. The number of aromatic amines is 2. The van der Waals surface area contributed by atoms with Gasteiger partial charge in [-0.1, -0.05) is 12.1 Å². The minimum absolute atomic E-state index is 0.0281. The van der Waals surface area contributed by atoms with Gasteiger partial charge in [0.2, 0.25) is 5.95 Å². The monoisotopic (exact) mass is 600 g/mol. The number of nitrogens with two attached hydrogens (primary N) is 4. The molecule has 0 aliphatic rings. The van der Waals surface area contributed by atoms with Gasteiger partial charge in [0.1, 0.15) is 11.7 Å². The highest BCUT2D eigenvalue weighted by Gasteiger charge is 2.15. The normalized spacial score (nSPS) is 11.9. The van der Waals surface area contributed by atoms with Gasteiger partial charge in [-0.2, -0.15) is 4.98 Å². The van der Waals surface area contributed by atoms with Gasteiger partial charge in [-0.25, -0.2) is 0 Å². The van der Waals surface area contributed by atoms with E-state index >= 15 is 0 Å². The second-order valence-corrected chi connectivity index (χ2v) is 9.41. The molecule has 0 aliphatic heterocycles. The van der Waals surface area contributed by atoms with E-state index in [9.17, 15) is 34.2 Å². The maximum atomic E-state index is 12.2. The third-order valence-electron chi connectivity index (χ3n) is 6.11. The number of nitrogens with one attached hydrogen (secondary N) is 4. The van der Waals surface area contributed by atoms with Crippen LogP contribution in [0.25, 0.3) is 11.0 Å². The number of guanidine groups is 1. The molecule has 0 radical (unpaired) electrons. The Kier molecular flexibility index (Phi) is 12.6. The van der Waals surface area contributed by atoms with Gasteiger partial charge in [0, 0.05) is 17.7 Å². The SMILES string of the molecule is NC(N)=[NH+]CCCC(N)C(=O)O.Nc1nc2[nH]cc(CCc3ccc(C(=O)NC(CCC(=O)[O-])C(=O)[O-])cc3)c2c(=O)[nH]1. The first kappa shape index (κ1) is 33.8. The molecule has 232 valence electrons. The van der Waals surface area contributed by atoms with Crippen LogP contribution in [0.4, 0.5) is 5.95 Å². The lowest BCUT2D eigenvalue weighted by Crippen LogP contribution is -2.78. The summed E-state index contributed by atoms with van der Waals surface area (Å²) in [5.74, 6) is -4.47. The van der Waals surface area contributed by atoms with Crippen LogP contribution in [0.2, 0.25) is 0 Å². The predicted octanol–water partition coefficient (Wildman–Crippen LogP) is -5.47. The number of fused-ring (bicyclic) bond motifs is 1. The van der Waals surface area contributed by atoms with Crippen molar-refractivity contribution in [2.75, 3.05) is 12.3 Å². The number of hydrogen-bond acceptors (Lipinski definition) is 10. The van der Waals surface area contributed by atoms with Crippen LogP contribution in [0.3, 0.4) is 0 Å². The fraction of sp³-hybridized carbons (Fsp3) is 0.346. The van der Waals surface area contributed by atoms with E-state index in [1.807, 2.05) is 0 Å². The number of aromatic nitrogens is 3. The summed E-state index contributed by atoms with van der Waals surface area (Å²) in [6, 6.07) is 4.23. The lowest BCUT2D eigenvalue weighted by Gasteiger charge is -2.20. The Morgan fingerprint density at radius 3 is 2.33 bits per heavy atom. The van der Waals surface area contributed by atoms with Crippen LogP contribution in [0.5, 0.6) is 0 Å². The molecule has 1 amide bonds. The number of nitrogen functional groups attached to an aromatic ring is 1. The number of carbonyl (C=O) groups is 4. The fourth-order valence-electron chi connectivity index (χ4n) is 3.85. The number of carbonyl (C=O) groups excluding carboxylic acids is 3. The maximum Gasteiger partial charge on any atom is 0.338 e. The van der Waals surface area contributed by atoms with Crippen LogP contribution in [-0.2, 0) is 27.2 Å². The number of aryl methyl sites for hydroxylation is 2. The molecule has 13 N–H and O–H groups in total. The molecule has 17 nitrogen and oxygen atoms in total. The first-order valence-corrected chi connectivity index (χ1v) is 13.0. The number of anilines is 1. The number of benzene rings is 1. The summed E-state index contributed by atoms with van der Waals surface area (Å²) in [4.78, 5) is 68.3. The number of carboxylic acid groups (broad SMARTS) is 3. The summed E-state index contributed by atoms with van der Waals surface area (Å²) in [7, 11) is 0. The Hall–Kier alpha value is -5.45. The van der Waals surface area contributed by atoms with Gasteiger partial charge in [-0.15, -0.1) is 0 Å². The summed E-state index contributed by atoms with van der Waals surface area (Å²) in [5.41, 5.74) is 22.9. The molecule has 0 spiro atoms. The largest absolute Gasteiger partial charge is 0.550 e. The number of amides is 1. The first-order valence-electron chi connectivity index (χ1n) is 13.0. The average molecular weight is 601 g/mol. The highest BCUT2D eigenvalue weighted by Crippen LogP contribution is 2.16. The third-order valence-corrected chi connectivity index (χ3v) is 6.11. The summed E-state index contributed by atoms with van der Waals surface area (Å²) in [6.45, 7) is 0.545. The van der Waals surface area contributed by atoms with E-state index < -0.39 is 42.3 Å². The lowest BCUT2D eigenvalue weighted by atomic mass is 10.0. The van der Waals surface area contributed by atoms with Crippen molar-refractivity contribution in [1.82, 2.24) is 20.3 Å². The van der Waals surface area contributed by atoms with Crippen molar-refractivity contribution in [2.45, 2.75) is 50.6 Å². The number of aliphatic carboxylic acids is 3. The zero-order chi connectivity index (χ0) is 32.1. The number of carboxylic acids is 3. The molecule has 0 fully saturated rings. The van der Waals surface area contributed by atoms with E-state index in [0.717, 1.165) is 11.1 Å². The Morgan fingerprint density at radius 2 is 1.74 bits per heavy atom. The first-order chi connectivity index (χ1) is 20.3. The van der Waals surface area contributed by atoms with E-state index in [1.165, 1.54) is 12.1 Å². The van der Waals surface area contributed by atoms with E-state index in [2.05, 4.69) is 25.3 Å². The Morgan fingerprint density at radius 1 is 1.07 bits per heavy atom. The third kappa shape index (κ3) is 11.2. The van der Waals surface area contributed by atoms with Gasteiger partial charge in [0.15, 0.2) is 0 Å². The number of H-pyrrole nitrogens is 2. The molecule has 43 heavy (non-hydrogen) atoms. The van der Waals surface area contributed by atoms with Crippen molar-refractivity contribution in [1.29, 1.82) is 0 Å². The van der Waals surface area contributed by atoms with E-state index in [0.29, 0.717) is 43.3 Å². The Bertz CT molecular complexity index is 1510. The average Bonchev–Trinajstić information content (AvgIpc) is 3.35. The Balaban J connectivity index is 0.000000455. The van der Waals surface area contributed by atoms with Crippen molar-refractivity contribution in [3.63, 3.8) is 0 Å². The van der Waals surface area contributed by atoms with Crippen LogP contribution >= 0.6 is 0 Å². The van der Waals surface area contributed by atoms with Gasteiger partial charge >= 0.3 is 11.9 Å². The molecule has 3 rings (SSSR count). The van der Waals surface area contributed by atoms with Crippen LogP contribution in [0.15, 0.2) is 35.3 Å². The molecule has 0 saturated carbocycles. The van der Waals surface area contributed by atoms with E-state index in [1.54, 1.807) is 18.3 Å². The smallest absolute Gasteiger partial charge is 0.338 e. The minimum atomic E-state index is -1.57. The molecule has 0 bridgehead atoms. The highest BCUT2D eigenvalue weighted by molar-refractivity contribution is 5.96. The molecule has 2 heterocycles. The highest BCUT2D eigenvalue weighted by atomic mass is 16.4. The topological polar surface area (TPSA) is 326 Å². The summed E-state index contributed by atoms with van der Waals surface area (Å²) < 4.78 is 0. The van der Waals surface area contributed by atoms with Crippen molar-refractivity contribution in [3.8, 4) is 0 Å². The van der Waals surface area contributed by atoms with Crippen molar-refractivity contribution < 1.29 is 39.5 Å². The quantitative estimate of drug-likeness (QED) is 0.0474. The molecular weight excluding hydrogens is 566 g/mol. The molecule has 2 atom stereocenters. The number of hydrogen-bond donors (Lipinski definition) is 9. The van der Waals surface area contributed by atoms with Gasteiger partial charge < -0.3 is 46.7 Å². The van der Waals surface area contributed by atoms with Crippen LogP contribution in [-0.4, -0.2) is 68.5 Å². The lowest BCUT2D eigenvalue weighted by molar-refractivity contribution is -0.459. The number of nitrogens with zero attached hydrogens (tertiary/aromatic N) is 1. The van der Waals surface area contributed by atoms with Crippen molar-refractivity contribution in [2.24, 2.45) is 17.2 Å². The minimum Gasteiger partial charge on any atom is -0.550 e. The van der Waals surface area contributed by atoms with Gasteiger partial charge in [0.25, 0.3) is 11.5 Å². The molecule has 2 unspecified atom stereocenters. The van der Waals surface area contributed by atoms with E-state index in [-0.39, 0.29) is 29.5 Å². The molecule has 3 aromatic rings. The fourth-order valence-corrected chi connectivity index (χ4v) is 3.85. The van der Waals surface area contributed by atoms with Crippen LogP contribution in [0.1, 0.15) is 47.2 Å². The summed E-state index contributed by atoms with van der Waals surface area (Å²) in [6.07, 6.45) is 3.00. The zero-order valence-corrected chi connectivity index (χ0v) is 23.1. The Labute approximate surface area is 244 Å². The molecule has 1 aromatic carbocycles. The van der Waals surface area contributed by atoms with Gasteiger partial charge in [-0.05, 0) is 61.8 Å².